The smallest absolute Gasteiger partial charge is 0.351 e. The highest BCUT2D eigenvalue weighted by Gasteiger charge is 2.57. The lowest BCUT2D eigenvalue weighted by molar-refractivity contribution is 0.125. The van der Waals surface area contributed by atoms with E-state index in [1.165, 1.54) is 16.7 Å². The molecule has 1 atom stereocenters. The van der Waals surface area contributed by atoms with Crippen LogP contribution in [0.2, 0.25) is 0 Å². The van der Waals surface area contributed by atoms with Crippen LogP contribution in [0.4, 0.5) is 0 Å². The Bertz CT molecular complexity index is 1360. The molecule has 0 fully saturated rings. The highest BCUT2D eigenvalue weighted by Crippen LogP contribution is 2.65. The Morgan fingerprint density at radius 3 is 2.12 bits per heavy atom. The van der Waals surface area contributed by atoms with Gasteiger partial charge in [0.1, 0.15) is 5.75 Å². The van der Waals surface area contributed by atoms with Crippen LogP contribution in [0.3, 0.4) is 0 Å². The molecule has 4 nitrogen and oxygen atoms in total. The number of imidazole rings is 1. The number of hydrogen-bond donors (Lipinski definition) is 0. The maximum Gasteiger partial charge on any atom is 0.351 e. The van der Waals surface area contributed by atoms with Crippen LogP contribution in [0.1, 0.15) is 91.8 Å². The zero-order valence-electron chi connectivity index (χ0n) is 21.7. The molecular weight excluding hydrogens is 427 g/mol. The molecule has 0 N–H and O–H groups in total. The lowest BCUT2D eigenvalue weighted by Gasteiger charge is -2.44. The highest BCUT2D eigenvalue weighted by atomic mass is 31.2. The van der Waals surface area contributed by atoms with Gasteiger partial charge in [0.15, 0.2) is 5.82 Å². The van der Waals surface area contributed by atoms with Crippen molar-refractivity contribution < 1.29 is 9.09 Å². The van der Waals surface area contributed by atoms with Crippen molar-refractivity contribution in [3.8, 4) is 17.1 Å². The summed E-state index contributed by atoms with van der Waals surface area (Å²) in [4.78, 5) is 5.16. The fraction of sp³-hybridized carbons (Fsp3) is 0.536. The Morgan fingerprint density at radius 2 is 1.55 bits per heavy atom. The Morgan fingerprint density at radius 1 is 0.939 bits per heavy atom. The van der Waals surface area contributed by atoms with Crippen molar-refractivity contribution in [1.29, 1.82) is 0 Å². The van der Waals surface area contributed by atoms with Crippen LogP contribution in [0.5, 0.6) is 5.75 Å². The minimum absolute atomic E-state index is 0.0105. The Kier molecular flexibility index (Phi) is 4.50. The second kappa shape index (κ2) is 6.54. The maximum absolute atomic E-state index is 14.5. The summed E-state index contributed by atoms with van der Waals surface area (Å²) in [5, 5.41) is 0. The summed E-state index contributed by atoms with van der Waals surface area (Å²) >= 11 is 0. The van der Waals surface area contributed by atoms with E-state index in [2.05, 4.69) is 73.6 Å². The van der Waals surface area contributed by atoms with Crippen molar-refractivity contribution in [1.82, 2.24) is 9.32 Å². The summed E-state index contributed by atoms with van der Waals surface area (Å²) < 4.78 is 22.8. The van der Waals surface area contributed by atoms with E-state index in [-0.39, 0.29) is 21.9 Å². The van der Waals surface area contributed by atoms with Crippen LogP contribution < -0.4 is 4.52 Å². The van der Waals surface area contributed by atoms with Gasteiger partial charge in [0, 0.05) is 0 Å². The zero-order chi connectivity index (χ0) is 24.3. The monoisotopic (exact) mass is 464 g/mol. The van der Waals surface area contributed by atoms with E-state index in [0.717, 1.165) is 22.4 Å². The Hall–Kier alpha value is -2.06. The van der Waals surface area contributed by atoms with Crippen molar-refractivity contribution in [2.45, 2.75) is 91.6 Å². The van der Waals surface area contributed by atoms with Gasteiger partial charge in [-0.3, -0.25) is 4.57 Å². The fourth-order valence-corrected chi connectivity index (χ4v) is 7.96. The van der Waals surface area contributed by atoms with Gasteiger partial charge in [-0.15, -0.1) is 0 Å². The number of nitrogens with zero attached hydrogens (tertiary/aromatic N) is 2. The van der Waals surface area contributed by atoms with Crippen molar-refractivity contribution >= 4 is 18.6 Å². The molecule has 0 spiro atoms. The molecule has 2 heterocycles. The minimum atomic E-state index is -3.23. The fourth-order valence-electron chi connectivity index (χ4n) is 5.91. The molecule has 1 aromatic heterocycles. The van der Waals surface area contributed by atoms with Crippen molar-refractivity contribution in [2.75, 3.05) is 0 Å². The number of aromatic nitrogens is 2. The molecule has 0 bridgehead atoms. The van der Waals surface area contributed by atoms with Crippen molar-refractivity contribution in [3.63, 3.8) is 0 Å². The normalized spacial score (nSPS) is 24.0. The van der Waals surface area contributed by atoms with Gasteiger partial charge in [0.2, 0.25) is 0 Å². The molecule has 0 amide bonds. The lowest BCUT2D eigenvalue weighted by Crippen LogP contribution is -2.42. The first kappa shape index (κ1) is 22.7. The van der Waals surface area contributed by atoms with Crippen LogP contribution in [0, 0.1) is 5.41 Å². The average molecular weight is 465 g/mol. The zero-order valence-corrected chi connectivity index (χ0v) is 22.6. The molecule has 0 radical (unpaired) electrons. The van der Waals surface area contributed by atoms with Gasteiger partial charge >= 0.3 is 7.52 Å². The van der Waals surface area contributed by atoms with Gasteiger partial charge in [-0.2, -0.15) is 0 Å². The van der Waals surface area contributed by atoms with Gasteiger partial charge in [-0.25, -0.2) is 9.32 Å². The third kappa shape index (κ3) is 2.59. The standard InChI is InChI=1S/C28H37N2O2P/c1-16(2)18-12-11-13-23-24(18)25-29-21-14-19-20(27(7,8)28(9,10)26(19,5)6)15-22(21)30(25)33(31,32-23)17(3)4/h11-17H,1-10H3. The van der Waals surface area contributed by atoms with Gasteiger partial charge < -0.3 is 4.52 Å². The molecule has 0 saturated heterocycles. The SMILES string of the molecule is CC(C)c1cccc2c1-c1nc3cc4c(cc3n1P(=O)(C(C)C)O2)C(C)(C)C(C)(C)C4(C)C. The van der Waals surface area contributed by atoms with Gasteiger partial charge in [-0.05, 0) is 57.1 Å². The third-order valence-corrected chi connectivity index (χ3v) is 12.0. The van der Waals surface area contributed by atoms with E-state index in [1.807, 2.05) is 30.3 Å². The Balaban J connectivity index is 1.92. The minimum Gasteiger partial charge on any atom is -0.428 e. The predicted molar refractivity (Wildman–Crippen MR) is 138 cm³/mol. The van der Waals surface area contributed by atoms with Crippen LogP contribution >= 0.6 is 7.52 Å². The number of rotatable bonds is 2. The van der Waals surface area contributed by atoms with E-state index < -0.39 is 7.52 Å². The van der Waals surface area contributed by atoms with Crippen LogP contribution in [-0.4, -0.2) is 15.0 Å². The molecule has 2 aromatic carbocycles. The third-order valence-electron chi connectivity index (χ3n) is 9.31. The Labute approximate surface area is 198 Å². The molecule has 33 heavy (non-hydrogen) atoms. The van der Waals surface area contributed by atoms with Crippen LogP contribution in [0.15, 0.2) is 30.3 Å². The summed E-state index contributed by atoms with van der Waals surface area (Å²) in [5.41, 5.74) is 6.49. The lowest BCUT2D eigenvalue weighted by atomic mass is 9.59. The number of hydrogen-bond acceptors (Lipinski definition) is 3. The average Bonchev–Trinajstić information content (AvgIpc) is 3.14. The summed E-state index contributed by atoms with van der Waals surface area (Å²) in [6.45, 7) is 22.4. The second-order valence-corrected chi connectivity index (χ2v) is 14.9. The van der Waals surface area contributed by atoms with E-state index in [9.17, 15) is 4.57 Å². The maximum atomic E-state index is 14.5. The first-order chi connectivity index (χ1) is 15.2. The summed E-state index contributed by atoms with van der Waals surface area (Å²) in [6, 6.07) is 10.6. The molecule has 0 saturated carbocycles. The highest BCUT2D eigenvalue weighted by molar-refractivity contribution is 7.59. The molecular formula is C28H37N2O2P. The van der Waals surface area contributed by atoms with E-state index in [0.29, 0.717) is 11.7 Å². The van der Waals surface area contributed by atoms with E-state index in [4.69, 9.17) is 9.51 Å². The van der Waals surface area contributed by atoms with Gasteiger partial charge in [0.25, 0.3) is 0 Å². The largest absolute Gasteiger partial charge is 0.428 e. The van der Waals surface area contributed by atoms with Crippen molar-refractivity contribution in [2.24, 2.45) is 5.41 Å². The molecule has 1 aliphatic heterocycles. The molecule has 3 aromatic rings. The van der Waals surface area contributed by atoms with Gasteiger partial charge in [-0.1, -0.05) is 81.4 Å². The second-order valence-electron chi connectivity index (χ2n) is 12.1. The number of fused-ring (bicyclic) bond motifs is 6. The summed E-state index contributed by atoms with van der Waals surface area (Å²) in [5.74, 6) is 1.78. The molecule has 2 aliphatic rings. The van der Waals surface area contributed by atoms with Crippen molar-refractivity contribution in [3.05, 3.63) is 47.0 Å². The van der Waals surface area contributed by atoms with E-state index >= 15 is 0 Å². The quantitative estimate of drug-likeness (QED) is 0.359. The molecule has 5 rings (SSSR count). The summed E-state index contributed by atoms with van der Waals surface area (Å²) in [7, 11) is -3.23. The van der Waals surface area contributed by atoms with Crippen LogP contribution in [-0.2, 0) is 15.4 Å². The number of benzene rings is 2. The first-order valence-electron chi connectivity index (χ1n) is 12.2. The molecule has 5 heteroatoms. The summed E-state index contributed by atoms with van der Waals surface area (Å²) in [6.07, 6.45) is 0. The van der Waals surface area contributed by atoms with Gasteiger partial charge in [0.05, 0.1) is 22.3 Å². The molecule has 176 valence electrons. The first-order valence-corrected chi connectivity index (χ1v) is 13.8. The van der Waals surface area contributed by atoms with E-state index in [1.54, 1.807) is 0 Å². The molecule has 1 unspecified atom stereocenters. The topological polar surface area (TPSA) is 44.1 Å². The predicted octanol–water partition coefficient (Wildman–Crippen LogP) is 8.26. The molecule has 1 aliphatic carbocycles. The van der Waals surface area contributed by atoms with Crippen LogP contribution in [0.25, 0.3) is 22.4 Å².